The number of piperazine rings is 1. The standard InChI is InChI=1S/C26H40BN5O7/c1-26(2,32-13-11-30(12-14-32)25(35)38-3)16-20(17-28)23(33)31-10-6-9-21(18-31)39-24(34)29-22(27(36)37)15-19-7-4-5-8-19/h7,16,21-22,36-37H,4-6,8-15,18H2,1-3H3,(H,29,34)/t21-,22?/m0/s1. The molecule has 13 heteroatoms. The number of methoxy groups -OCH3 is 1. The summed E-state index contributed by atoms with van der Waals surface area (Å²) in [6.45, 7) is 6.53. The minimum absolute atomic E-state index is 0.00815. The lowest BCUT2D eigenvalue weighted by molar-refractivity contribution is -0.129. The Morgan fingerprint density at radius 3 is 2.51 bits per heavy atom. The van der Waals surface area contributed by atoms with Crippen molar-refractivity contribution in [2.45, 2.75) is 70.0 Å². The fourth-order valence-corrected chi connectivity index (χ4v) is 5.34. The lowest BCUT2D eigenvalue weighted by atomic mass is 9.76. The molecule has 39 heavy (non-hydrogen) atoms. The number of nitriles is 1. The molecule has 2 aliphatic heterocycles. The van der Waals surface area contributed by atoms with E-state index in [4.69, 9.17) is 9.47 Å². The lowest BCUT2D eigenvalue weighted by Gasteiger charge is -2.42. The van der Waals surface area contributed by atoms with Crippen LogP contribution in [0.1, 0.15) is 52.4 Å². The van der Waals surface area contributed by atoms with Gasteiger partial charge in [-0.3, -0.25) is 9.69 Å². The van der Waals surface area contributed by atoms with Crippen molar-refractivity contribution >= 4 is 25.2 Å². The molecule has 1 unspecified atom stereocenters. The smallest absolute Gasteiger partial charge is 0.453 e. The summed E-state index contributed by atoms with van der Waals surface area (Å²) in [5, 5.41) is 31.8. The predicted octanol–water partition coefficient (Wildman–Crippen LogP) is 1.20. The number of hydrogen-bond donors (Lipinski definition) is 3. The van der Waals surface area contributed by atoms with E-state index in [1.165, 1.54) is 12.0 Å². The molecule has 3 N–H and O–H groups in total. The van der Waals surface area contributed by atoms with E-state index in [0.29, 0.717) is 52.0 Å². The summed E-state index contributed by atoms with van der Waals surface area (Å²) in [4.78, 5) is 42.8. The van der Waals surface area contributed by atoms with Crippen LogP contribution in [0.15, 0.2) is 23.3 Å². The van der Waals surface area contributed by atoms with Crippen LogP contribution in [0.4, 0.5) is 9.59 Å². The van der Waals surface area contributed by atoms with Gasteiger partial charge in [-0.25, -0.2) is 9.59 Å². The van der Waals surface area contributed by atoms with Gasteiger partial charge in [-0.05, 0) is 58.4 Å². The molecular formula is C26H40BN5O7. The largest absolute Gasteiger partial charge is 0.475 e. The van der Waals surface area contributed by atoms with Gasteiger partial charge in [-0.1, -0.05) is 11.6 Å². The van der Waals surface area contributed by atoms with E-state index in [0.717, 1.165) is 24.8 Å². The Bertz CT molecular complexity index is 1000. The van der Waals surface area contributed by atoms with Gasteiger partial charge in [-0.2, -0.15) is 5.26 Å². The molecule has 0 saturated carbocycles. The van der Waals surface area contributed by atoms with Crippen molar-refractivity contribution in [3.05, 3.63) is 23.3 Å². The van der Waals surface area contributed by atoms with E-state index in [2.05, 4.69) is 16.3 Å². The highest BCUT2D eigenvalue weighted by atomic mass is 16.6. The van der Waals surface area contributed by atoms with E-state index < -0.39 is 36.7 Å². The van der Waals surface area contributed by atoms with Crippen LogP contribution >= 0.6 is 0 Å². The number of carbonyl (C=O) groups excluding carboxylic acids is 3. The molecule has 2 heterocycles. The Labute approximate surface area is 230 Å². The maximum atomic E-state index is 13.3. The van der Waals surface area contributed by atoms with Crippen molar-refractivity contribution < 1.29 is 33.9 Å². The van der Waals surface area contributed by atoms with Crippen LogP contribution in [0.25, 0.3) is 0 Å². The minimum atomic E-state index is -1.72. The maximum Gasteiger partial charge on any atom is 0.475 e. The Hall–Kier alpha value is -3.08. The summed E-state index contributed by atoms with van der Waals surface area (Å²) in [6, 6.07) is 2.04. The topological polar surface area (TPSA) is 156 Å². The van der Waals surface area contributed by atoms with E-state index in [1.807, 2.05) is 19.9 Å². The number of rotatable bonds is 8. The molecule has 1 aliphatic carbocycles. The zero-order chi connectivity index (χ0) is 28.6. The monoisotopic (exact) mass is 545 g/mol. The highest BCUT2D eigenvalue weighted by molar-refractivity contribution is 6.43. The second-order valence-corrected chi connectivity index (χ2v) is 10.8. The van der Waals surface area contributed by atoms with Crippen LogP contribution in [-0.2, 0) is 14.3 Å². The molecule has 12 nitrogen and oxygen atoms in total. The fraction of sp³-hybridized carbons (Fsp3) is 0.692. The molecule has 2 fully saturated rings. The Morgan fingerprint density at radius 2 is 1.92 bits per heavy atom. The quantitative estimate of drug-likeness (QED) is 0.177. The third-order valence-electron chi connectivity index (χ3n) is 7.60. The van der Waals surface area contributed by atoms with Crippen LogP contribution in [0.5, 0.6) is 0 Å². The third kappa shape index (κ3) is 8.45. The summed E-state index contributed by atoms with van der Waals surface area (Å²) < 4.78 is 10.3. The summed E-state index contributed by atoms with van der Waals surface area (Å²) in [5.41, 5.74) is 0.476. The molecule has 3 aliphatic rings. The van der Waals surface area contributed by atoms with Gasteiger partial charge < -0.3 is 34.6 Å². The van der Waals surface area contributed by atoms with E-state index in [1.54, 1.807) is 11.0 Å². The number of nitrogens with zero attached hydrogens (tertiary/aromatic N) is 4. The number of likely N-dealkylation sites (tertiary alicyclic amines) is 1. The van der Waals surface area contributed by atoms with Crippen LogP contribution < -0.4 is 5.32 Å². The van der Waals surface area contributed by atoms with E-state index in [-0.39, 0.29) is 18.2 Å². The van der Waals surface area contributed by atoms with Gasteiger partial charge in [0, 0.05) is 38.3 Å². The van der Waals surface area contributed by atoms with Crippen molar-refractivity contribution in [2.24, 2.45) is 0 Å². The molecule has 0 radical (unpaired) electrons. The number of piperidine rings is 1. The first-order chi connectivity index (χ1) is 18.5. The van der Waals surface area contributed by atoms with E-state index in [9.17, 15) is 29.7 Å². The van der Waals surface area contributed by atoms with Gasteiger partial charge >= 0.3 is 19.3 Å². The molecule has 0 aromatic rings. The Balaban J connectivity index is 1.57. The number of hydrogen-bond acceptors (Lipinski definition) is 9. The zero-order valence-electron chi connectivity index (χ0n) is 23.1. The third-order valence-corrected chi connectivity index (χ3v) is 7.60. The first-order valence-corrected chi connectivity index (χ1v) is 13.6. The average molecular weight is 545 g/mol. The lowest BCUT2D eigenvalue weighted by Crippen LogP contribution is -2.55. The molecule has 0 bridgehead atoms. The normalized spacial score (nSPS) is 21.5. The number of alkyl carbamates (subject to hydrolysis) is 1. The molecule has 2 saturated heterocycles. The molecule has 2 atom stereocenters. The number of allylic oxidation sites excluding steroid dienone is 1. The number of nitrogens with one attached hydrogen (secondary N) is 1. The molecule has 0 spiro atoms. The SMILES string of the molecule is COC(=O)N1CCN(C(C)(C)C=C(C#N)C(=O)N2CCC[C@H](OC(=O)NC(CC3=CCCC3)B(O)O)C2)CC1. The zero-order valence-corrected chi connectivity index (χ0v) is 23.1. The number of ether oxygens (including phenoxy) is 2. The van der Waals surface area contributed by atoms with Gasteiger partial charge in [0.05, 0.1) is 19.6 Å². The van der Waals surface area contributed by atoms with Crippen molar-refractivity contribution in [3.8, 4) is 6.07 Å². The highest BCUT2D eigenvalue weighted by Crippen LogP contribution is 2.24. The second kappa shape index (κ2) is 13.8. The first-order valence-electron chi connectivity index (χ1n) is 13.6. The van der Waals surface area contributed by atoms with Gasteiger partial charge in [0.25, 0.3) is 5.91 Å². The molecule has 3 rings (SSSR count). The number of carbonyl (C=O) groups is 3. The molecule has 3 amide bonds. The van der Waals surface area contributed by atoms with Gasteiger partial charge in [0.2, 0.25) is 0 Å². The van der Waals surface area contributed by atoms with Gasteiger partial charge in [-0.15, -0.1) is 0 Å². The summed E-state index contributed by atoms with van der Waals surface area (Å²) in [7, 11) is -0.376. The van der Waals surface area contributed by atoms with E-state index >= 15 is 0 Å². The molecule has 214 valence electrons. The van der Waals surface area contributed by atoms with Crippen molar-refractivity contribution in [1.82, 2.24) is 20.0 Å². The highest BCUT2D eigenvalue weighted by Gasteiger charge is 2.34. The van der Waals surface area contributed by atoms with Crippen molar-refractivity contribution in [2.75, 3.05) is 46.4 Å². The Kier molecular flexibility index (Phi) is 10.8. The van der Waals surface area contributed by atoms with Gasteiger partial charge in [0.1, 0.15) is 17.7 Å². The fourth-order valence-electron chi connectivity index (χ4n) is 5.34. The summed E-state index contributed by atoms with van der Waals surface area (Å²) in [6.07, 6.45) is 6.31. The van der Waals surface area contributed by atoms with Gasteiger partial charge in [0.15, 0.2) is 0 Å². The summed E-state index contributed by atoms with van der Waals surface area (Å²) in [5.74, 6) is -1.31. The van der Waals surface area contributed by atoms with Crippen LogP contribution in [0, 0.1) is 11.3 Å². The van der Waals surface area contributed by atoms with Crippen molar-refractivity contribution in [3.63, 3.8) is 0 Å². The summed E-state index contributed by atoms with van der Waals surface area (Å²) >= 11 is 0. The first kappa shape index (κ1) is 30.5. The number of amides is 3. The van der Waals surface area contributed by atoms with Crippen LogP contribution in [0.3, 0.4) is 0 Å². The maximum absolute atomic E-state index is 13.3. The Morgan fingerprint density at radius 1 is 1.21 bits per heavy atom. The van der Waals surface area contributed by atoms with Crippen LogP contribution in [0.2, 0.25) is 0 Å². The van der Waals surface area contributed by atoms with Crippen LogP contribution in [-0.4, -0.2) is 114 Å². The minimum Gasteiger partial charge on any atom is -0.453 e. The molecule has 0 aromatic heterocycles. The predicted molar refractivity (Wildman–Crippen MR) is 143 cm³/mol. The van der Waals surface area contributed by atoms with Crippen molar-refractivity contribution in [1.29, 1.82) is 5.26 Å². The molecular weight excluding hydrogens is 505 g/mol. The second-order valence-electron chi connectivity index (χ2n) is 10.8. The molecule has 0 aromatic carbocycles. The average Bonchev–Trinajstić information content (AvgIpc) is 3.44.